The number of benzene rings is 1. The number of nitrogen functional groups attached to an aromatic ring is 1. The number of fused-ring (bicyclic) bond motifs is 1. The van der Waals surface area contributed by atoms with E-state index in [4.69, 9.17) is 25.6 Å². The van der Waals surface area contributed by atoms with E-state index in [0.29, 0.717) is 44.2 Å². The fourth-order valence-electron chi connectivity index (χ4n) is 4.06. The molecule has 196 valence electrons. The van der Waals surface area contributed by atoms with E-state index in [0.717, 1.165) is 41.2 Å². The zero-order valence-electron chi connectivity index (χ0n) is 20.6. The van der Waals surface area contributed by atoms with Gasteiger partial charge in [-0.3, -0.25) is 10.0 Å². The molecule has 38 heavy (non-hydrogen) atoms. The van der Waals surface area contributed by atoms with Crippen molar-refractivity contribution in [2.24, 2.45) is 0 Å². The van der Waals surface area contributed by atoms with Gasteiger partial charge in [-0.25, -0.2) is 30.4 Å². The molecule has 13 nitrogen and oxygen atoms in total. The summed E-state index contributed by atoms with van der Waals surface area (Å²) in [6.45, 7) is 4.74. The summed E-state index contributed by atoms with van der Waals surface area (Å²) in [5.41, 5.74) is 11.4. The van der Waals surface area contributed by atoms with Gasteiger partial charge in [-0.2, -0.15) is 0 Å². The van der Waals surface area contributed by atoms with E-state index in [2.05, 4.69) is 25.2 Å². The van der Waals surface area contributed by atoms with Crippen molar-refractivity contribution in [1.29, 1.82) is 0 Å². The Labute approximate surface area is 218 Å². The molecule has 1 fully saturated rings. The number of nitrogens with two attached hydrogens (primary N) is 1. The minimum atomic E-state index is -0.570. The van der Waals surface area contributed by atoms with Crippen molar-refractivity contribution >= 4 is 34.9 Å². The molecule has 0 aliphatic carbocycles. The number of aromatic nitrogens is 6. The molecule has 3 aromatic heterocycles. The highest BCUT2D eigenvalue weighted by atomic mass is 16.5. The maximum absolute atomic E-state index is 11.1. The maximum Gasteiger partial charge on any atom is 0.267 e. The minimum absolute atomic E-state index is 0.194. The summed E-state index contributed by atoms with van der Waals surface area (Å²) in [6, 6.07) is 7.79. The van der Waals surface area contributed by atoms with Crippen LogP contribution in [0.3, 0.4) is 0 Å². The van der Waals surface area contributed by atoms with Crippen LogP contribution in [0, 0.1) is 0 Å². The lowest BCUT2D eigenvalue weighted by molar-refractivity contribution is -0.124. The number of hydrogen-bond donors (Lipinski definition) is 4. The molecule has 0 spiro atoms. The first-order valence-electron chi connectivity index (χ1n) is 12.2. The van der Waals surface area contributed by atoms with E-state index in [9.17, 15) is 4.79 Å². The highest BCUT2D eigenvalue weighted by Crippen LogP contribution is 2.27. The van der Waals surface area contributed by atoms with Crippen molar-refractivity contribution in [3.05, 3.63) is 60.2 Å². The number of amides is 1. The van der Waals surface area contributed by atoms with Crippen LogP contribution < -0.4 is 21.4 Å². The maximum atomic E-state index is 11.1. The molecular weight excluding hydrogens is 488 g/mol. The Bertz CT molecular complexity index is 1410. The molecule has 1 aliphatic rings. The molecule has 0 atom stereocenters. The Hall–Kier alpha value is -4.46. The molecule has 4 heterocycles. The Kier molecular flexibility index (Phi) is 7.78. The van der Waals surface area contributed by atoms with Crippen molar-refractivity contribution in [2.45, 2.75) is 13.1 Å². The Morgan fingerprint density at radius 2 is 1.87 bits per heavy atom. The molecule has 0 bridgehead atoms. The quantitative estimate of drug-likeness (QED) is 0.108. The summed E-state index contributed by atoms with van der Waals surface area (Å²) >= 11 is 0. The number of hydrogen-bond acceptors (Lipinski definition) is 11. The summed E-state index contributed by atoms with van der Waals surface area (Å²) in [7, 11) is 0. The van der Waals surface area contributed by atoms with Crippen LogP contribution in [0.2, 0.25) is 0 Å². The number of nitrogens with zero attached hydrogens (tertiary/aromatic N) is 7. The van der Waals surface area contributed by atoms with Crippen molar-refractivity contribution in [3.63, 3.8) is 0 Å². The molecule has 4 aromatic rings. The van der Waals surface area contributed by atoms with Gasteiger partial charge >= 0.3 is 0 Å². The summed E-state index contributed by atoms with van der Waals surface area (Å²) in [5, 5.41) is 12.0. The first kappa shape index (κ1) is 25.2. The number of hydroxylamine groups is 1. The molecule has 1 aliphatic heterocycles. The lowest BCUT2D eigenvalue weighted by atomic mass is 10.1. The van der Waals surface area contributed by atoms with Gasteiger partial charge in [0.05, 0.1) is 25.1 Å². The van der Waals surface area contributed by atoms with Crippen LogP contribution in [0.1, 0.15) is 11.1 Å². The second-order valence-corrected chi connectivity index (χ2v) is 8.64. The van der Waals surface area contributed by atoms with Crippen molar-refractivity contribution in [2.75, 3.05) is 43.5 Å². The number of carbonyl (C=O) groups excluding carboxylic acids is 1. The van der Waals surface area contributed by atoms with E-state index in [-0.39, 0.29) is 5.95 Å². The largest absolute Gasteiger partial charge is 0.378 e. The third kappa shape index (κ3) is 5.91. The van der Waals surface area contributed by atoms with Crippen molar-refractivity contribution in [1.82, 2.24) is 40.3 Å². The predicted molar refractivity (Wildman–Crippen MR) is 141 cm³/mol. The molecule has 5 rings (SSSR count). The summed E-state index contributed by atoms with van der Waals surface area (Å²) in [4.78, 5) is 35.7. The lowest BCUT2D eigenvalue weighted by Crippen LogP contribution is -2.37. The highest BCUT2D eigenvalue weighted by Gasteiger charge is 2.21. The van der Waals surface area contributed by atoms with Crippen LogP contribution in [0.25, 0.3) is 28.6 Å². The van der Waals surface area contributed by atoms with Gasteiger partial charge in [0.1, 0.15) is 0 Å². The normalized spacial score (nSPS) is 13.9. The zero-order valence-corrected chi connectivity index (χ0v) is 20.6. The topological polar surface area (TPSA) is 169 Å². The fraction of sp³-hybridized carbons (Fsp3) is 0.280. The van der Waals surface area contributed by atoms with E-state index in [1.807, 2.05) is 28.8 Å². The zero-order chi connectivity index (χ0) is 26.3. The standard InChI is InChI=1S/C25H28N10O3/c26-25-28-14-19(15-29-25)22-31-23(34-9-11-38-12-10-34)21-24(32-22)35(16-30-21)8-7-27-13-18-3-1-17(2-4-18)5-6-20(36)33-37/h1-6,14-16,27,37H,7-13H2,(H,33,36)(H2,26,28,29)/b6-5+. The van der Waals surface area contributed by atoms with Crippen LogP contribution >= 0.6 is 0 Å². The van der Waals surface area contributed by atoms with Gasteiger partial charge < -0.3 is 25.3 Å². The summed E-state index contributed by atoms with van der Waals surface area (Å²) < 4.78 is 7.53. The number of nitrogens with one attached hydrogen (secondary N) is 2. The predicted octanol–water partition coefficient (Wildman–Crippen LogP) is 1.01. The minimum Gasteiger partial charge on any atom is -0.378 e. The van der Waals surface area contributed by atoms with E-state index in [1.165, 1.54) is 6.08 Å². The number of ether oxygens (including phenoxy) is 1. The molecule has 1 aromatic carbocycles. The van der Waals surface area contributed by atoms with Crippen LogP contribution in [0.4, 0.5) is 11.8 Å². The van der Waals surface area contributed by atoms with Gasteiger partial charge in [-0.15, -0.1) is 0 Å². The molecule has 0 radical (unpaired) electrons. The molecule has 0 unspecified atom stereocenters. The third-order valence-electron chi connectivity index (χ3n) is 6.06. The SMILES string of the molecule is Nc1ncc(-c2nc(N3CCOCC3)c3ncn(CCNCc4ccc(/C=C/C(=O)NO)cc4)c3n2)cn1. The number of imidazole rings is 1. The van der Waals surface area contributed by atoms with Gasteiger partial charge in [-0.1, -0.05) is 24.3 Å². The monoisotopic (exact) mass is 516 g/mol. The van der Waals surface area contributed by atoms with Crippen LogP contribution in [0.15, 0.2) is 49.1 Å². The van der Waals surface area contributed by atoms with E-state index < -0.39 is 5.91 Å². The van der Waals surface area contributed by atoms with Crippen molar-refractivity contribution in [3.8, 4) is 11.4 Å². The van der Waals surface area contributed by atoms with Crippen molar-refractivity contribution < 1.29 is 14.7 Å². The van der Waals surface area contributed by atoms with Gasteiger partial charge in [0.2, 0.25) is 5.95 Å². The van der Waals surface area contributed by atoms with Crippen LogP contribution in [0.5, 0.6) is 0 Å². The number of carbonyl (C=O) groups is 1. The Balaban J connectivity index is 1.29. The third-order valence-corrected chi connectivity index (χ3v) is 6.06. The molecular formula is C25H28N10O3. The number of morpholine rings is 1. The summed E-state index contributed by atoms with van der Waals surface area (Å²) in [5.74, 6) is 0.903. The number of rotatable bonds is 9. The smallest absolute Gasteiger partial charge is 0.267 e. The number of anilines is 2. The average Bonchev–Trinajstić information content (AvgIpc) is 3.38. The van der Waals surface area contributed by atoms with E-state index >= 15 is 0 Å². The highest BCUT2D eigenvalue weighted by molar-refractivity contribution is 5.90. The molecule has 0 saturated carbocycles. The second kappa shape index (κ2) is 11.7. The average molecular weight is 517 g/mol. The van der Waals surface area contributed by atoms with Crippen LogP contribution in [-0.4, -0.2) is 73.4 Å². The lowest BCUT2D eigenvalue weighted by Gasteiger charge is -2.28. The first-order valence-corrected chi connectivity index (χ1v) is 12.2. The van der Waals surface area contributed by atoms with E-state index in [1.54, 1.807) is 30.3 Å². The molecule has 1 amide bonds. The Morgan fingerprint density at radius 3 is 2.61 bits per heavy atom. The van der Waals surface area contributed by atoms with Gasteiger partial charge in [0, 0.05) is 51.2 Å². The second-order valence-electron chi connectivity index (χ2n) is 8.64. The Morgan fingerprint density at radius 1 is 1.11 bits per heavy atom. The van der Waals surface area contributed by atoms with Gasteiger partial charge in [0.15, 0.2) is 22.8 Å². The molecule has 1 saturated heterocycles. The summed E-state index contributed by atoms with van der Waals surface area (Å²) in [6.07, 6.45) is 7.93. The van der Waals surface area contributed by atoms with Gasteiger partial charge in [-0.05, 0) is 17.2 Å². The molecule has 13 heteroatoms. The molecule has 5 N–H and O–H groups in total. The first-order chi connectivity index (χ1) is 18.6. The fourth-order valence-corrected chi connectivity index (χ4v) is 4.06. The van der Waals surface area contributed by atoms with Crippen LogP contribution in [-0.2, 0) is 22.6 Å². The van der Waals surface area contributed by atoms with Gasteiger partial charge in [0.25, 0.3) is 5.91 Å².